The van der Waals surface area contributed by atoms with Gasteiger partial charge < -0.3 is 25.2 Å². The first kappa shape index (κ1) is 13.4. The molecule has 1 aromatic rings. The molecule has 0 saturated heterocycles. The van der Waals surface area contributed by atoms with Crippen LogP contribution >= 0.6 is 0 Å². The molecule has 2 atom stereocenters. The fraction of sp³-hybridized carbons (Fsp3) is 0.364. The van der Waals surface area contributed by atoms with Crippen molar-refractivity contribution in [3.8, 4) is 5.75 Å². The van der Waals surface area contributed by atoms with Crippen LogP contribution in [-0.2, 0) is 4.74 Å². The molecule has 6 heteroatoms. The Morgan fingerprint density at radius 3 is 2.47 bits per heavy atom. The highest BCUT2D eigenvalue weighted by atomic mass is 16.5. The molecule has 0 bridgehead atoms. The smallest absolute Gasteiger partial charge is 0.342 e. The zero-order valence-corrected chi connectivity index (χ0v) is 8.98. The summed E-state index contributed by atoms with van der Waals surface area (Å²) in [6.07, 6.45) is -2.73. The second-order valence-corrected chi connectivity index (χ2v) is 3.43. The number of phenols is 1. The lowest BCUT2D eigenvalue weighted by atomic mass is 10.2. The number of rotatable bonds is 5. The highest BCUT2D eigenvalue weighted by Crippen LogP contribution is 2.16. The Hall–Kier alpha value is -1.63. The number of carbonyl (C=O) groups is 1. The lowest BCUT2D eigenvalue weighted by Gasteiger charge is -2.15. The topological polar surface area (TPSA) is 107 Å². The number of phenolic OH excluding ortho intramolecular Hbond substituents is 1. The van der Waals surface area contributed by atoms with Crippen molar-refractivity contribution in [3.63, 3.8) is 0 Å². The van der Waals surface area contributed by atoms with E-state index in [1.807, 2.05) is 0 Å². The van der Waals surface area contributed by atoms with Gasteiger partial charge in [-0.2, -0.15) is 0 Å². The fourth-order valence-corrected chi connectivity index (χ4v) is 1.12. The van der Waals surface area contributed by atoms with Crippen LogP contribution in [0, 0.1) is 0 Å². The van der Waals surface area contributed by atoms with Crippen LogP contribution in [0.3, 0.4) is 0 Å². The number of carbonyl (C=O) groups excluding carboxylic acids is 1. The van der Waals surface area contributed by atoms with Crippen LogP contribution in [0.25, 0.3) is 0 Å². The summed E-state index contributed by atoms with van der Waals surface area (Å²) in [6.45, 7) is -1.09. The molecule has 17 heavy (non-hydrogen) atoms. The number of aromatic hydroxyl groups is 1. The minimum absolute atomic E-state index is 0.0295. The van der Waals surface area contributed by atoms with Crippen molar-refractivity contribution >= 4 is 5.97 Å². The molecule has 4 N–H and O–H groups in total. The van der Waals surface area contributed by atoms with E-state index in [2.05, 4.69) is 4.74 Å². The quantitative estimate of drug-likeness (QED) is 0.507. The third-order valence-electron chi connectivity index (χ3n) is 2.14. The first-order valence-electron chi connectivity index (χ1n) is 4.98. The van der Waals surface area contributed by atoms with E-state index in [1.165, 1.54) is 12.1 Å². The highest BCUT2D eigenvalue weighted by Gasteiger charge is 2.19. The molecule has 0 saturated carbocycles. The minimum atomic E-state index is -1.37. The van der Waals surface area contributed by atoms with Crippen LogP contribution < -0.4 is 0 Å². The summed E-state index contributed by atoms with van der Waals surface area (Å²) in [7, 11) is 0. The van der Waals surface area contributed by atoms with Crippen molar-refractivity contribution in [1.82, 2.24) is 0 Å². The molecule has 0 aromatic heterocycles. The van der Waals surface area contributed by atoms with Crippen LogP contribution in [0.1, 0.15) is 10.4 Å². The number of benzene rings is 1. The van der Waals surface area contributed by atoms with Crippen molar-refractivity contribution in [1.29, 1.82) is 0 Å². The molecule has 0 aliphatic rings. The maximum Gasteiger partial charge on any atom is 0.342 e. The zero-order valence-electron chi connectivity index (χ0n) is 8.98. The Labute approximate surface area is 97.7 Å². The molecule has 6 nitrogen and oxygen atoms in total. The summed E-state index contributed by atoms with van der Waals surface area (Å²) in [5.74, 6) is -1.04. The van der Waals surface area contributed by atoms with E-state index in [4.69, 9.17) is 10.2 Å². The van der Waals surface area contributed by atoms with Crippen LogP contribution in [0.15, 0.2) is 24.3 Å². The first-order valence-corrected chi connectivity index (χ1v) is 4.98. The van der Waals surface area contributed by atoms with Crippen molar-refractivity contribution in [3.05, 3.63) is 29.8 Å². The zero-order chi connectivity index (χ0) is 12.8. The number of hydrogen-bond acceptors (Lipinski definition) is 6. The number of aliphatic hydroxyl groups excluding tert-OH is 3. The summed E-state index contributed by atoms with van der Waals surface area (Å²) in [5, 5.41) is 36.1. The lowest BCUT2D eigenvalue weighted by molar-refractivity contribution is -0.0467. The summed E-state index contributed by atoms with van der Waals surface area (Å²) >= 11 is 0. The summed E-state index contributed by atoms with van der Waals surface area (Å²) in [5.41, 5.74) is -0.0295. The van der Waals surface area contributed by atoms with Gasteiger partial charge in [-0.3, -0.25) is 0 Å². The van der Waals surface area contributed by atoms with Crippen LogP contribution in [0.2, 0.25) is 0 Å². The standard InChI is InChI=1S/C11H14O6/c12-5-9(14)10(15)6-17-11(16)7-3-1-2-4-8(7)13/h1-4,9-10,12-15H,5-6H2/t9-,10+/m0/s1. The fourth-order valence-electron chi connectivity index (χ4n) is 1.12. The Balaban J connectivity index is 2.54. The van der Waals surface area contributed by atoms with E-state index in [1.54, 1.807) is 12.1 Å². The molecule has 0 aliphatic heterocycles. The lowest BCUT2D eigenvalue weighted by Crippen LogP contribution is -2.34. The van der Waals surface area contributed by atoms with Gasteiger partial charge >= 0.3 is 5.97 Å². The molecule has 0 radical (unpaired) electrons. The van der Waals surface area contributed by atoms with Gasteiger partial charge in [0.15, 0.2) is 0 Å². The van der Waals surface area contributed by atoms with E-state index >= 15 is 0 Å². The van der Waals surface area contributed by atoms with E-state index in [9.17, 15) is 15.0 Å². The molecule has 0 amide bonds. The van der Waals surface area contributed by atoms with Crippen molar-refractivity contribution in [2.75, 3.05) is 13.2 Å². The molecule has 1 aromatic carbocycles. The Morgan fingerprint density at radius 1 is 1.24 bits per heavy atom. The second-order valence-electron chi connectivity index (χ2n) is 3.43. The third kappa shape index (κ3) is 3.70. The van der Waals surface area contributed by atoms with Crippen LogP contribution in [0.5, 0.6) is 5.75 Å². The van der Waals surface area contributed by atoms with E-state index in [0.29, 0.717) is 0 Å². The van der Waals surface area contributed by atoms with Gasteiger partial charge in [0.2, 0.25) is 0 Å². The molecule has 0 unspecified atom stereocenters. The molecule has 1 rings (SSSR count). The van der Waals surface area contributed by atoms with Crippen molar-refractivity contribution in [2.24, 2.45) is 0 Å². The second kappa shape index (κ2) is 6.19. The van der Waals surface area contributed by atoms with Gasteiger partial charge in [0.1, 0.15) is 30.1 Å². The molecule has 0 aliphatic carbocycles. The molecule has 0 fully saturated rings. The average Bonchev–Trinajstić information content (AvgIpc) is 2.35. The monoisotopic (exact) mass is 242 g/mol. The third-order valence-corrected chi connectivity index (χ3v) is 2.14. The average molecular weight is 242 g/mol. The van der Waals surface area contributed by atoms with Crippen molar-refractivity contribution in [2.45, 2.75) is 12.2 Å². The van der Waals surface area contributed by atoms with Gasteiger partial charge in [0.05, 0.1) is 6.61 Å². The summed E-state index contributed by atoms with van der Waals surface area (Å²) in [4.78, 5) is 11.4. The van der Waals surface area contributed by atoms with Crippen LogP contribution in [-0.4, -0.2) is 51.8 Å². The van der Waals surface area contributed by atoms with Gasteiger partial charge in [-0.15, -0.1) is 0 Å². The summed E-state index contributed by atoms with van der Waals surface area (Å²) in [6, 6.07) is 5.80. The maximum atomic E-state index is 11.4. The molecular weight excluding hydrogens is 228 g/mol. The Bertz CT molecular complexity index is 378. The normalized spacial score (nSPS) is 14.1. The van der Waals surface area contributed by atoms with E-state index in [0.717, 1.165) is 0 Å². The molecule has 0 spiro atoms. The van der Waals surface area contributed by atoms with Gasteiger partial charge in [-0.05, 0) is 12.1 Å². The number of para-hydroxylation sites is 1. The maximum absolute atomic E-state index is 11.4. The van der Waals surface area contributed by atoms with Gasteiger partial charge in [-0.1, -0.05) is 12.1 Å². The number of hydrogen-bond donors (Lipinski definition) is 4. The molecule has 0 heterocycles. The largest absolute Gasteiger partial charge is 0.507 e. The predicted octanol–water partition coefficient (Wildman–Crippen LogP) is -0.737. The Kier molecular flexibility index (Phi) is 4.89. The molecule has 94 valence electrons. The van der Waals surface area contributed by atoms with Crippen LogP contribution in [0.4, 0.5) is 0 Å². The van der Waals surface area contributed by atoms with Gasteiger partial charge in [-0.25, -0.2) is 4.79 Å². The first-order chi connectivity index (χ1) is 8.06. The number of ether oxygens (including phenoxy) is 1. The number of esters is 1. The number of aliphatic hydroxyl groups is 3. The molecular formula is C11H14O6. The van der Waals surface area contributed by atoms with Crippen molar-refractivity contribution < 1.29 is 30.0 Å². The van der Waals surface area contributed by atoms with Gasteiger partial charge in [0, 0.05) is 0 Å². The van der Waals surface area contributed by atoms with E-state index < -0.39 is 31.4 Å². The Morgan fingerprint density at radius 2 is 1.88 bits per heavy atom. The summed E-state index contributed by atoms with van der Waals surface area (Å²) < 4.78 is 4.67. The SMILES string of the molecule is O=C(OC[C@@H](O)[C@@H](O)CO)c1ccccc1O. The minimum Gasteiger partial charge on any atom is -0.507 e. The van der Waals surface area contributed by atoms with Gasteiger partial charge in [0.25, 0.3) is 0 Å². The highest BCUT2D eigenvalue weighted by molar-refractivity contribution is 5.92. The van der Waals surface area contributed by atoms with E-state index in [-0.39, 0.29) is 11.3 Å². The predicted molar refractivity (Wildman–Crippen MR) is 57.5 cm³/mol.